The number of carboxylic acids is 1. The first-order valence-electron chi connectivity index (χ1n) is 24.1. The van der Waals surface area contributed by atoms with Crippen LogP contribution in [-0.4, -0.2) is 59.9 Å². The van der Waals surface area contributed by atoms with Crippen molar-refractivity contribution in [3.8, 4) is 0 Å². The molecular formula is C46H90NO10P. The SMILES string of the molecule is CCCCCCCCCCCCCCCCCCCCCCCCCC(=O)OC(COC(=O)CCCCCCCCCCCCC)COP(=O)(O)OCC(N)C(=O)O. The van der Waals surface area contributed by atoms with Gasteiger partial charge in [-0.15, -0.1) is 0 Å². The molecular weight excluding hydrogens is 757 g/mol. The number of carbonyl (C=O) groups excluding carboxylic acids is 2. The highest BCUT2D eigenvalue weighted by Crippen LogP contribution is 2.43. The van der Waals surface area contributed by atoms with Crippen LogP contribution in [0.15, 0.2) is 0 Å². The fourth-order valence-electron chi connectivity index (χ4n) is 7.07. The molecule has 344 valence electrons. The van der Waals surface area contributed by atoms with Crippen molar-refractivity contribution in [2.75, 3.05) is 19.8 Å². The van der Waals surface area contributed by atoms with Crippen molar-refractivity contribution in [2.45, 2.75) is 257 Å². The second-order valence-electron chi connectivity index (χ2n) is 16.6. The van der Waals surface area contributed by atoms with Gasteiger partial charge in [0.1, 0.15) is 12.6 Å². The molecule has 58 heavy (non-hydrogen) atoms. The fourth-order valence-corrected chi connectivity index (χ4v) is 7.85. The molecule has 0 spiro atoms. The van der Waals surface area contributed by atoms with E-state index < -0.39 is 51.1 Å². The number of carbonyl (C=O) groups is 3. The van der Waals surface area contributed by atoms with Crippen molar-refractivity contribution >= 4 is 25.7 Å². The summed E-state index contributed by atoms with van der Waals surface area (Å²) in [4.78, 5) is 46.0. The summed E-state index contributed by atoms with van der Waals surface area (Å²) in [6.07, 6.45) is 41.8. The molecule has 4 N–H and O–H groups in total. The molecule has 12 heteroatoms. The Balaban J connectivity index is 4.15. The Kier molecular flexibility index (Phi) is 41.1. The molecule has 0 aromatic heterocycles. The molecule has 0 aromatic carbocycles. The third kappa shape index (κ3) is 41.2. The average molecular weight is 848 g/mol. The summed E-state index contributed by atoms with van der Waals surface area (Å²) in [5, 5.41) is 8.89. The van der Waals surface area contributed by atoms with Gasteiger partial charge in [-0.3, -0.25) is 23.4 Å². The van der Waals surface area contributed by atoms with Gasteiger partial charge in [0, 0.05) is 12.8 Å². The van der Waals surface area contributed by atoms with E-state index in [2.05, 4.69) is 18.4 Å². The Morgan fingerprint density at radius 1 is 0.466 bits per heavy atom. The second kappa shape index (κ2) is 42.2. The van der Waals surface area contributed by atoms with Gasteiger partial charge in [0.15, 0.2) is 6.10 Å². The van der Waals surface area contributed by atoms with E-state index in [-0.39, 0.29) is 19.4 Å². The summed E-state index contributed by atoms with van der Waals surface area (Å²) >= 11 is 0. The fraction of sp³-hybridized carbons (Fsp3) is 0.935. The highest BCUT2D eigenvalue weighted by atomic mass is 31.2. The van der Waals surface area contributed by atoms with E-state index in [0.717, 1.165) is 38.5 Å². The van der Waals surface area contributed by atoms with Crippen LogP contribution in [0.5, 0.6) is 0 Å². The summed E-state index contributed by atoms with van der Waals surface area (Å²) in [5.41, 5.74) is 5.34. The number of unbranched alkanes of at least 4 members (excludes halogenated alkanes) is 32. The highest BCUT2D eigenvalue weighted by Gasteiger charge is 2.28. The molecule has 0 aliphatic carbocycles. The van der Waals surface area contributed by atoms with Crippen LogP contribution < -0.4 is 5.73 Å². The van der Waals surface area contributed by atoms with E-state index in [9.17, 15) is 23.8 Å². The molecule has 0 saturated carbocycles. The molecule has 0 radical (unpaired) electrons. The molecule has 0 aliphatic heterocycles. The van der Waals surface area contributed by atoms with E-state index in [1.54, 1.807) is 0 Å². The van der Waals surface area contributed by atoms with Crippen molar-refractivity contribution in [3.05, 3.63) is 0 Å². The first-order chi connectivity index (χ1) is 28.1. The lowest BCUT2D eigenvalue weighted by Crippen LogP contribution is -2.34. The molecule has 0 saturated heterocycles. The number of esters is 2. The number of nitrogens with two attached hydrogens (primary N) is 1. The zero-order valence-electron chi connectivity index (χ0n) is 37.4. The van der Waals surface area contributed by atoms with Gasteiger partial charge in [-0.25, -0.2) is 4.57 Å². The lowest BCUT2D eigenvalue weighted by molar-refractivity contribution is -0.161. The van der Waals surface area contributed by atoms with E-state index in [0.29, 0.717) is 12.8 Å². The largest absolute Gasteiger partial charge is 0.480 e. The van der Waals surface area contributed by atoms with Crippen LogP contribution in [-0.2, 0) is 37.5 Å². The predicted molar refractivity (Wildman–Crippen MR) is 236 cm³/mol. The van der Waals surface area contributed by atoms with Gasteiger partial charge in [-0.05, 0) is 12.8 Å². The van der Waals surface area contributed by atoms with Crippen LogP contribution in [0.3, 0.4) is 0 Å². The van der Waals surface area contributed by atoms with Crippen molar-refractivity contribution in [2.24, 2.45) is 5.73 Å². The molecule has 0 rings (SSSR count). The van der Waals surface area contributed by atoms with E-state index >= 15 is 0 Å². The smallest absolute Gasteiger partial charge is 0.472 e. The van der Waals surface area contributed by atoms with Crippen LogP contribution in [0, 0.1) is 0 Å². The van der Waals surface area contributed by atoms with Gasteiger partial charge in [0.05, 0.1) is 13.2 Å². The minimum atomic E-state index is -4.71. The molecule has 0 fully saturated rings. The number of ether oxygens (including phenoxy) is 2. The first kappa shape index (κ1) is 56.5. The van der Waals surface area contributed by atoms with Gasteiger partial charge >= 0.3 is 25.7 Å². The third-order valence-corrected chi connectivity index (χ3v) is 11.8. The first-order valence-corrected chi connectivity index (χ1v) is 25.6. The summed E-state index contributed by atoms with van der Waals surface area (Å²) < 4.78 is 32.7. The maximum absolute atomic E-state index is 12.7. The van der Waals surface area contributed by atoms with Crippen LogP contribution in [0.4, 0.5) is 0 Å². The highest BCUT2D eigenvalue weighted by molar-refractivity contribution is 7.47. The Morgan fingerprint density at radius 3 is 1.09 bits per heavy atom. The normalized spacial score (nSPS) is 13.6. The van der Waals surface area contributed by atoms with Gasteiger partial charge in [0.2, 0.25) is 0 Å². The van der Waals surface area contributed by atoms with E-state index in [1.807, 2.05) is 0 Å². The number of hydrogen-bond donors (Lipinski definition) is 3. The molecule has 0 bridgehead atoms. The molecule has 3 atom stereocenters. The Bertz CT molecular complexity index is 1000. The number of hydrogen-bond acceptors (Lipinski definition) is 9. The number of phosphoric acid groups is 1. The zero-order valence-corrected chi connectivity index (χ0v) is 38.3. The van der Waals surface area contributed by atoms with Gasteiger partial charge in [-0.1, -0.05) is 219 Å². The molecule has 0 aromatic rings. The number of rotatable bonds is 46. The minimum Gasteiger partial charge on any atom is -0.480 e. The molecule has 0 heterocycles. The summed E-state index contributed by atoms with van der Waals surface area (Å²) in [5.74, 6) is -2.36. The second-order valence-corrected chi connectivity index (χ2v) is 18.1. The zero-order chi connectivity index (χ0) is 42.8. The van der Waals surface area contributed by atoms with Crippen molar-refractivity contribution in [1.29, 1.82) is 0 Å². The van der Waals surface area contributed by atoms with E-state index in [1.165, 1.54) is 167 Å². The lowest BCUT2D eigenvalue weighted by Gasteiger charge is -2.20. The van der Waals surface area contributed by atoms with Crippen LogP contribution in [0.25, 0.3) is 0 Å². The third-order valence-electron chi connectivity index (χ3n) is 10.9. The average Bonchev–Trinajstić information content (AvgIpc) is 3.20. The van der Waals surface area contributed by atoms with Gasteiger partial charge < -0.3 is 25.2 Å². The maximum atomic E-state index is 12.7. The number of aliphatic carboxylic acids is 1. The minimum absolute atomic E-state index is 0.170. The predicted octanol–water partition coefficient (Wildman–Crippen LogP) is 13.1. The summed E-state index contributed by atoms with van der Waals surface area (Å²) in [6.45, 7) is 2.84. The van der Waals surface area contributed by atoms with Gasteiger partial charge in [-0.2, -0.15) is 0 Å². The molecule has 3 unspecified atom stereocenters. The molecule has 0 aliphatic rings. The number of carboxylic acid groups (broad SMARTS) is 1. The van der Waals surface area contributed by atoms with Crippen molar-refractivity contribution in [3.63, 3.8) is 0 Å². The van der Waals surface area contributed by atoms with Crippen LogP contribution in [0.1, 0.15) is 245 Å². The van der Waals surface area contributed by atoms with Crippen molar-refractivity contribution in [1.82, 2.24) is 0 Å². The number of phosphoric ester groups is 1. The lowest BCUT2D eigenvalue weighted by atomic mass is 10.0. The van der Waals surface area contributed by atoms with Crippen LogP contribution >= 0.6 is 7.82 Å². The Morgan fingerprint density at radius 2 is 0.759 bits per heavy atom. The summed E-state index contributed by atoms with van der Waals surface area (Å²) in [7, 11) is -4.71. The van der Waals surface area contributed by atoms with Crippen LogP contribution in [0.2, 0.25) is 0 Å². The molecule has 11 nitrogen and oxygen atoms in total. The van der Waals surface area contributed by atoms with E-state index in [4.69, 9.17) is 24.8 Å². The monoisotopic (exact) mass is 848 g/mol. The summed E-state index contributed by atoms with van der Waals surface area (Å²) in [6, 6.07) is -1.52. The Hall–Kier alpha value is -1.52. The topological polar surface area (TPSA) is 172 Å². The molecule has 0 amide bonds. The van der Waals surface area contributed by atoms with Gasteiger partial charge in [0.25, 0.3) is 0 Å². The standard InChI is InChI=1S/C46H90NO10P/c1-3-5-7-9-11-13-15-16-17-18-19-20-21-22-23-24-25-26-28-30-32-34-36-38-45(49)57-42(40-55-58(52,53)56-41-43(47)46(50)51)39-54-44(48)37-35-33-31-29-27-14-12-10-8-6-4-2/h42-43H,3-41,47H2,1-2H3,(H,50,51)(H,52,53). The maximum Gasteiger partial charge on any atom is 0.472 e. The quantitative estimate of drug-likeness (QED) is 0.0302. The Labute approximate surface area is 355 Å². The van der Waals surface area contributed by atoms with Crippen molar-refractivity contribution < 1.29 is 47.5 Å².